The molecule has 7 nitrogen and oxygen atoms in total. The summed E-state index contributed by atoms with van der Waals surface area (Å²) in [6.45, 7) is 2.05. The molecular formula is C22H24N4O3. The van der Waals surface area contributed by atoms with Crippen molar-refractivity contribution in [2.45, 2.75) is 32.2 Å². The fourth-order valence-electron chi connectivity index (χ4n) is 4.05. The van der Waals surface area contributed by atoms with E-state index in [1.54, 1.807) is 12.5 Å². The van der Waals surface area contributed by atoms with E-state index in [-0.39, 0.29) is 48.6 Å². The molecule has 2 aliphatic rings. The van der Waals surface area contributed by atoms with Gasteiger partial charge in [-0.05, 0) is 37.5 Å². The monoisotopic (exact) mass is 392 g/mol. The van der Waals surface area contributed by atoms with E-state index in [4.69, 9.17) is 0 Å². The lowest BCUT2D eigenvalue weighted by molar-refractivity contribution is -0.140. The maximum Gasteiger partial charge on any atom is 0.233 e. The van der Waals surface area contributed by atoms with E-state index >= 15 is 0 Å². The highest BCUT2D eigenvalue weighted by atomic mass is 16.2. The van der Waals surface area contributed by atoms with E-state index in [1.165, 1.54) is 4.90 Å². The third-order valence-electron chi connectivity index (χ3n) is 5.73. The average molecular weight is 392 g/mol. The second-order valence-corrected chi connectivity index (χ2v) is 7.58. The van der Waals surface area contributed by atoms with Gasteiger partial charge in [0, 0.05) is 31.0 Å². The van der Waals surface area contributed by atoms with Crippen molar-refractivity contribution in [1.29, 1.82) is 0 Å². The second kappa shape index (κ2) is 8.03. The Morgan fingerprint density at radius 1 is 1.14 bits per heavy atom. The molecule has 29 heavy (non-hydrogen) atoms. The normalized spacial score (nSPS) is 21.9. The van der Waals surface area contributed by atoms with Crippen molar-refractivity contribution in [2.24, 2.45) is 11.8 Å². The number of imidazole rings is 1. The number of hydrogen-bond acceptors (Lipinski definition) is 4. The molecule has 3 atom stereocenters. The van der Waals surface area contributed by atoms with Gasteiger partial charge in [-0.2, -0.15) is 0 Å². The number of allylic oxidation sites excluding steroid dienone is 2. The molecule has 0 unspecified atom stereocenters. The van der Waals surface area contributed by atoms with Gasteiger partial charge in [-0.25, -0.2) is 4.98 Å². The number of benzene rings is 1. The molecule has 0 saturated carbocycles. The summed E-state index contributed by atoms with van der Waals surface area (Å²) >= 11 is 0. The molecule has 0 bridgehead atoms. The van der Waals surface area contributed by atoms with Gasteiger partial charge in [0.05, 0.1) is 24.2 Å². The minimum atomic E-state index is -0.247. The van der Waals surface area contributed by atoms with Crippen LogP contribution in [0.25, 0.3) is 5.69 Å². The Hall–Kier alpha value is -3.22. The Bertz CT molecular complexity index is 907. The van der Waals surface area contributed by atoms with Crippen molar-refractivity contribution in [3.05, 3.63) is 60.7 Å². The number of hydrogen-bond donors (Lipinski definition) is 1. The third-order valence-corrected chi connectivity index (χ3v) is 5.73. The minimum absolute atomic E-state index is 0.113. The fraction of sp³-hybridized carbons (Fsp3) is 0.364. The summed E-state index contributed by atoms with van der Waals surface area (Å²) in [5.41, 5.74) is 1.97. The zero-order valence-corrected chi connectivity index (χ0v) is 16.3. The van der Waals surface area contributed by atoms with Crippen LogP contribution in [0.3, 0.4) is 0 Å². The summed E-state index contributed by atoms with van der Waals surface area (Å²) in [4.78, 5) is 42.6. The first-order chi connectivity index (χ1) is 14.0. The highest BCUT2D eigenvalue weighted by Gasteiger charge is 2.46. The summed E-state index contributed by atoms with van der Waals surface area (Å²) in [6, 6.07) is 7.70. The number of aromatic nitrogens is 2. The maximum absolute atomic E-state index is 12.5. The zero-order chi connectivity index (χ0) is 20.4. The number of fused-ring (bicyclic) bond motifs is 1. The molecule has 0 spiro atoms. The number of carbonyl (C=O) groups is 3. The van der Waals surface area contributed by atoms with Crippen LogP contribution in [0.4, 0.5) is 0 Å². The summed E-state index contributed by atoms with van der Waals surface area (Å²) in [5.74, 6) is -0.947. The summed E-state index contributed by atoms with van der Waals surface area (Å²) in [6.07, 6.45) is 10.6. The molecule has 3 amide bonds. The number of amides is 3. The van der Waals surface area contributed by atoms with Crippen LogP contribution in [0.2, 0.25) is 0 Å². The Morgan fingerprint density at radius 2 is 1.79 bits per heavy atom. The van der Waals surface area contributed by atoms with Crippen molar-refractivity contribution in [3.8, 4) is 5.69 Å². The first-order valence-corrected chi connectivity index (χ1v) is 9.92. The van der Waals surface area contributed by atoms with Gasteiger partial charge in [-0.3, -0.25) is 19.3 Å². The first kappa shape index (κ1) is 19.1. The van der Waals surface area contributed by atoms with Crippen LogP contribution < -0.4 is 5.32 Å². The maximum atomic E-state index is 12.5. The molecule has 2 heterocycles. The minimum Gasteiger partial charge on any atom is -0.350 e. The highest BCUT2D eigenvalue weighted by molar-refractivity contribution is 6.05. The largest absolute Gasteiger partial charge is 0.350 e. The molecule has 1 aliphatic heterocycles. The summed E-state index contributed by atoms with van der Waals surface area (Å²) < 4.78 is 1.91. The van der Waals surface area contributed by atoms with E-state index in [0.29, 0.717) is 12.8 Å². The lowest BCUT2D eigenvalue weighted by Gasteiger charge is -2.17. The number of carbonyl (C=O) groups excluding carboxylic acids is 3. The van der Waals surface area contributed by atoms with Crippen LogP contribution in [0.5, 0.6) is 0 Å². The number of likely N-dealkylation sites (tertiary alicyclic amines) is 1. The van der Waals surface area contributed by atoms with Gasteiger partial charge in [-0.1, -0.05) is 24.3 Å². The topological polar surface area (TPSA) is 84.3 Å². The molecule has 0 radical (unpaired) electrons. The third kappa shape index (κ3) is 3.85. The van der Waals surface area contributed by atoms with Gasteiger partial charge in [0.15, 0.2) is 0 Å². The van der Waals surface area contributed by atoms with Crippen LogP contribution in [0.1, 0.15) is 37.8 Å². The highest BCUT2D eigenvalue weighted by Crippen LogP contribution is 2.35. The molecule has 1 aromatic heterocycles. The van der Waals surface area contributed by atoms with E-state index in [1.807, 2.05) is 54.1 Å². The van der Waals surface area contributed by atoms with Gasteiger partial charge in [-0.15, -0.1) is 0 Å². The summed E-state index contributed by atoms with van der Waals surface area (Å²) in [7, 11) is 0. The SMILES string of the molecule is C[C@H](NC(=O)CCN1C(=O)[C@@H]2CC=CC[C@H]2C1=O)c1ccc(-n2ccnc2)cc1. The summed E-state index contributed by atoms with van der Waals surface area (Å²) in [5, 5.41) is 2.95. The smallest absolute Gasteiger partial charge is 0.233 e. The zero-order valence-electron chi connectivity index (χ0n) is 16.3. The van der Waals surface area contributed by atoms with E-state index in [9.17, 15) is 14.4 Å². The fourth-order valence-corrected chi connectivity index (χ4v) is 4.05. The number of nitrogens with one attached hydrogen (secondary N) is 1. The molecule has 150 valence electrons. The Kier molecular flexibility index (Phi) is 5.29. The van der Waals surface area contributed by atoms with Gasteiger partial charge in [0.25, 0.3) is 0 Å². The average Bonchev–Trinajstić information content (AvgIpc) is 3.35. The van der Waals surface area contributed by atoms with Crippen molar-refractivity contribution < 1.29 is 14.4 Å². The van der Waals surface area contributed by atoms with Crippen LogP contribution in [0, 0.1) is 11.8 Å². The number of imide groups is 1. The van der Waals surface area contributed by atoms with Crippen molar-refractivity contribution in [3.63, 3.8) is 0 Å². The molecule has 1 N–H and O–H groups in total. The van der Waals surface area contributed by atoms with E-state index < -0.39 is 0 Å². The molecule has 4 rings (SSSR count). The second-order valence-electron chi connectivity index (χ2n) is 7.58. The van der Waals surface area contributed by atoms with E-state index in [0.717, 1.165) is 11.3 Å². The van der Waals surface area contributed by atoms with Gasteiger partial charge >= 0.3 is 0 Å². The molecule has 1 aliphatic carbocycles. The lowest BCUT2D eigenvalue weighted by Crippen LogP contribution is -2.36. The van der Waals surface area contributed by atoms with Gasteiger partial charge < -0.3 is 9.88 Å². The Labute approximate surface area is 169 Å². The van der Waals surface area contributed by atoms with Crippen LogP contribution in [0.15, 0.2) is 55.1 Å². The Balaban J connectivity index is 1.30. The number of rotatable bonds is 6. The molecule has 1 fully saturated rings. The van der Waals surface area contributed by atoms with Crippen molar-refractivity contribution in [1.82, 2.24) is 19.8 Å². The van der Waals surface area contributed by atoms with Gasteiger partial charge in [0.2, 0.25) is 17.7 Å². The molecule has 1 aromatic carbocycles. The lowest BCUT2D eigenvalue weighted by atomic mass is 9.85. The van der Waals surface area contributed by atoms with Crippen LogP contribution in [-0.2, 0) is 14.4 Å². The molecule has 2 aromatic rings. The first-order valence-electron chi connectivity index (χ1n) is 9.92. The van der Waals surface area contributed by atoms with Crippen LogP contribution in [-0.4, -0.2) is 38.7 Å². The van der Waals surface area contributed by atoms with Crippen LogP contribution >= 0.6 is 0 Å². The Morgan fingerprint density at radius 3 is 2.38 bits per heavy atom. The van der Waals surface area contributed by atoms with Crippen molar-refractivity contribution in [2.75, 3.05) is 6.54 Å². The quantitative estimate of drug-likeness (QED) is 0.604. The predicted molar refractivity (Wildman–Crippen MR) is 107 cm³/mol. The molecule has 7 heteroatoms. The predicted octanol–water partition coefficient (Wildman–Crippen LogP) is 2.39. The van der Waals surface area contributed by atoms with Gasteiger partial charge in [0.1, 0.15) is 0 Å². The molecular weight excluding hydrogens is 368 g/mol. The molecule has 1 saturated heterocycles. The van der Waals surface area contributed by atoms with E-state index in [2.05, 4.69) is 10.3 Å². The standard InChI is InChI=1S/C22H24N4O3/c1-15(16-6-8-17(9-7-16)25-13-11-23-14-25)24-20(27)10-12-26-21(28)18-4-2-3-5-19(18)22(26)29/h2-3,6-9,11,13-15,18-19H,4-5,10,12H2,1H3,(H,24,27)/t15-,18+,19+/m0/s1. The number of nitrogens with zero attached hydrogens (tertiary/aromatic N) is 3. The van der Waals surface area contributed by atoms with Crippen molar-refractivity contribution >= 4 is 17.7 Å².